The largest absolute Gasteiger partial charge is 0.434 e. The number of nitrogens with one attached hydrogen (secondary N) is 2. The standard InChI is InChI=1S/C20H16ClF3N4O2S/c1-12-2-6-14(7-3-12)28-18(20(22,23)24)16(10-25-28)19(30)27-26-17(29)11-31-15-8-4-13(21)5-9-15/h2-10H,11H2,1H3,(H,26,29)(H,27,30). The number of aromatic nitrogens is 2. The lowest BCUT2D eigenvalue weighted by Crippen LogP contribution is -2.43. The number of hydrogen-bond donors (Lipinski definition) is 2. The summed E-state index contributed by atoms with van der Waals surface area (Å²) >= 11 is 6.96. The Morgan fingerprint density at radius 2 is 1.71 bits per heavy atom. The van der Waals surface area contributed by atoms with Crippen molar-refractivity contribution in [3.63, 3.8) is 0 Å². The number of hydrazine groups is 1. The van der Waals surface area contributed by atoms with Gasteiger partial charge in [-0.15, -0.1) is 11.8 Å². The molecule has 31 heavy (non-hydrogen) atoms. The molecule has 3 rings (SSSR count). The third-order valence-corrected chi connectivity index (χ3v) is 5.32. The van der Waals surface area contributed by atoms with E-state index in [1.54, 1.807) is 43.3 Å². The van der Waals surface area contributed by atoms with E-state index in [1.165, 1.54) is 23.9 Å². The van der Waals surface area contributed by atoms with Crippen LogP contribution in [0.1, 0.15) is 21.6 Å². The van der Waals surface area contributed by atoms with Gasteiger partial charge in [-0.3, -0.25) is 20.4 Å². The maximum atomic E-state index is 13.7. The van der Waals surface area contributed by atoms with E-state index < -0.39 is 29.2 Å². The van der Waals surface area contributed by atoms with E-state index in [0.717, 1.165) is 16.7 Å². The van der Waals surface area contributed by atoms with E-state index in [9.17, 15) is 22.8 Å². The molecule has 0 aliphatic carbocycles. The third kappa shape index (κ3) is 5.80. The molecule has 2 aromatic carbocycles. The van der Waals surface area contributed by atoms with Crippen LogP contribution >= 0.6 is 23.4 Å². The first-order valence-electron chi connectivity index (χ1n) is 8.85. The number of alkyl halides is 3. The zero-order valence-corrected chi connectivity index (χ0v) is 17.6. The molecule has 0 radical (unpaired) electrons. The van der Waals surface area contributed by atoms with Crippen molar-refractivity contribution in [2.24, 2.45) is 0 Å². The molecule has 1 heterocycles. The first-order chi connectivity index (χ1) is 14.6. The molecule has 0 saturated carbocycles. The predicted molar refractivity (Wildman–Crippen MR) is 111 cm³/mol. The van der Waals surface area contributed by atoms with Crippen LogP contribution in [0.25, 0.3) is 5.69 Å². The summed E-state index contributed by atoms with van der Waals surface area (Å²) in [4.78, 5) is 25.0. The first-order valence-corrected chi connectivity index (χ1v) is 10.2. The second-order valence-corrected chi connectivity index (χ2v) is 7.88. The Bertz CT molecular complexity index is 1080. The fourth-order valence-electron chi connectivity index (χ4n) is 2.58. The highest BCUT2D eigenvalue weighted by molar-refractivity contribution is 8.00. The average Bonchev–Trinajstić information content (AvgIpc) is 3.18. The third-order valence-electron chi connectivity index (χ3n) is 4.06. The van der Waals surface area contributed by atoms with Crippen molar-refractivity contribution in [1.29, 1.82) is 0 Å². The number of thioether (sulfide) groups is 1. The van der Waals surface area contributed by atoms with E-state index in [1.807, 2.05) is 5.43 Å². The van der Waals surface area contributed by atoms with Crippen molar-refractivity contribution < 1.29 is 22.8 Å². The summed E-state index contributed by atoms with van der Waals surface area (Å²) in [5.41, 5.74) is 3.18. The molecular weight excluding hydrogens is 453 g/mol. The SMILES string of the molecule is Cc1ccc(-n2ncc(C(=O)NNC(=O)CSc3ccc(Cl)cc3)c2C(F)(F)F)cc1. The summed E-state index contributed by atoms with van der Waals surface area (Å²) < 4.78 is 41.6. The highest BCUT2D eigenvalue weighted by atomic mass is 35.5. The van der Waals surface area contributed by atoms with Crippen molar-refractivity contribution in [1.82, 2.24) is 20.6 Å². The molecule has 0 aliphatic heterocycles. The Kier molecular flexibility index (Phi) is 6.91. The van der Waals surface area contributed by atoms with Crippen LogP contribution in [0.15, 0.2) is 59.6 Å². The van der Waals surface area contributed by atoms with E-state index in [2.05, 4.69) is 10.5 Å². The minimum Gasteiger partial charge on any atom is -0.272 e. The summed E-state index contributed by atoms with van der Waals surface area (Å²) in [6.45, 7) is 1.80. The van der Waals surface area contributed by atoms with Gasteiger partial charge in [-0.05, 0) is 43.3 Å². The second-order valence-electron chi connectivity index (χ2n) is 6.40. The van der Waals surface area contributed by atoms with Crippen LogP contribution in [0.3, 0.4) is 0 Å². The number of carbonyl (C=O) groups is 2. The summed E-state index contributed by atoms with van der Waals surface area (Å²) in [5, 5.41) is 4.27. The molecule has 0 aliphatic rings. The van der Waals surface area contributed by atoms with Gasteiger partial charge < -0.3 is 0 Å². The maximum Gasteiger partial charge on any atom is 0.434 e. The average molecular weight is 469 g/mol. The van der Waals surface area contributed by atoms with E-state index in [4.69, 9.17) is 11.6 Å². The minimum absolute atomic E-state index is 0.0589. The molecule has 0 saturated heterocycles. The van der Waals surface area contributed by atoms with Crippen molar-refractivity contribution in [3.05, 3.63) is 76.6 Å². The number of rotatable bonds is 5. The van der Waals surface area contributed by atoms with Crippen LogP contribution in [0, 0.1) is 6.92 Å². The quantitative estimate of drug-likeness (QED) is 0.429. The van der Waals surface area contributed by atoms with Crippen LogP contribution in [0.5, 0.6) is 0 Å². The summed E-state index contributed by atoms with van der Waals surface area (Å²) in [5.74, 6) is -1.78. The highest BCUT2D eigenvalue weighted by Gasteiger charge is 2.40. The number of nitrogens with zero attached hydrogens (tertiary/aromatic N) is 2. The normalized spacial score (nSPS) is 11.3. The minimum atomic E-state index is -4.84. The first kappa shape index (κ1) is 22.7. The lowest BCUT2D eigenvalue weighted by Gasteiger charge is -2.13. The van der Waals surface area contributed by atoms with Crippen molar-refractivity contribution in [2.45, 2.75) is 18.0 Å². The number of aryl methyl sites for hydroxylation is 1. The summed E-state index contributed by atoms with van der Waals surface area (Å²) in [6, 6.07) is 13.0. The topological polar surface area (TPSA) is 76.0 Å². The molecule has 1 aromatic heterocycles. The monoisotopic (exact) mass is 468 g/mol. The molecule has 2 amide bonds. The molecule has 162 valence electrons. The molecule has 11 heteroatoms. The molecule has 0 atom stereocenters. The summed E-state index contributed by atoms with van der Waals surface area (Å²) in [7, 11) is 0. The Morgan fingerprint density at radius 3 is 2.32 bits per heavy atom. The van der Waals surface area contributed by atoms with Gasteiger partial charge in [0.2, 0.25) is 5.91 Å². The van der Waals surface area contributed by atoms with Gasteiger partial charge in [0, 0.05) is 9.92 Å². The van der Waals surface area contributed by atoms with Crippen molar-refractivity contribution >= 4 is 35.2 Å². The Balaban J connectivity index is 1.69. The van der Waals surface area contributed by atoms with E-state index in [0.29, 0.717) is 9.70 Å². The fraction of sp³-hybridized carbons (Fsp3) is 0.150. The lowest BCUT2D eigenvalue weighted by molar-refractivity contribution is -0.143. The Labute approximate surface area is 184 Å². The molecule has 2 N–H and O–H groups in total. The molecular formula is C20H16ClF3N4O2S. The van der Waals surface area contributed by atoms with E-state index in [-0.39, 0.29) is 11.4 Å². The van der Waals surface area contributed by atoms with Gasteiger partial charge >= 0.3 is 6.18 Å². The Hall–Kier alpha value is -2.98. The van der Waals surface area contributed by atoms with Gasteiger partial charge in [-0.25, -0.2) is 4.68 Å². The zero-order chi connectivity index (χ0) is 22.6. The highest BCUT2D eigenvalue weighted by Crippen LogP contribution is 2.33. The van der Waals surface area contributed by atoms with Gasteiger partial charge in [-0.2, -0.15) is 18.3 Å². The van der Waals surface area contributed by atoms with Crippen LogP contribution in [-0.2, 0) is 11.0 Å². The molecule has 0 bridgehead atoms. The molecule has 0 unspecified atom stereocenters. The van der Waals surface area contributed by atoms with Crippen molar-refractivity contribution in [3.8, 4) is 5.69 Å². The molecule has 0 fully saturated rings. The zero-order valence-electron chi connectivity index (χ0n) is 16.0. The van der Waals surface area contributed by atoms with Crippen LogP contribution in [-0.4, -0.2) is 27.3 Å². The molecule has 0 spiro atoms. The molecule has 6 nitrogen and oxygen atoms in total. The van der Waals surface area contributed by atoms with Crippen molar-refractivity contribution in [2.75, 3.05) is 5.75 Å². The number of halogens is 4. The fourth-order valence-corrected chi connectivity index (χ4v) is 3.40. The number of amides is 2. The van der Waals surface area contributed by atoms with Gasteiger partial charge in [0.05, 0.1) is 23.2 Å². The molecule has 3 aromatic rings. The summed E-state index contributed by atoms with van der Waals surface area (Å²) in [6.07, 6.45) is -4.03. The number of benzene rings is 2. The maximum absolute atomic E-state index is 13.7. The number of hydrogen-bond acceptors (Lipinski definition) is 4. The van der Waals surface area contributed by atoms with Gasteiger partial charge in [-0.1, -0.05) is 29.3 Å². The van der Waals surface area contributed by atoms with Crippen LogP contribution < -0.4 is 10.9 Å². The smallest absolute Gasteiger partial charge is 0.272 e. The second kappa shape index (κ2) is 9.44. The van der Waals surface area contributed by atoms with Gasteiger partial charge in [0.25, 0.3) is 5.91 Å². The lowest BCUT2D eigenvalue weighted by atomic mass is 10.2. The van der Waals surface area contributed by atoms with E-state index >= 15 is 0 Å². The van der Waals surface area contributed by atoms with Gasteiger partial charge in [0.1, 0.15) is 0 Å². The van der Waals surface area contributed by atoms with Gasteiger partial charge in [0.15, 0.2) is 5.69 Å². The van der Waals surface area contributed by atoms with Crippen LogP contribution in [0.2, 0.25) is 5.02 Å². The Morgan fingerprint density at radius 1 is 1.06 bits per heavy atom. The number of carbonyl (C=O) groups excluding carboxylic acids is 2. The van der Waals surface area contributed by atoms with Crippen LogP contribution in [0.4, 0.5) is 13.2 Å². The predicted octanol–water partition coefficient (Wildman–Crippen LogP) is 4.41.